The zero-order valence-corrected chi connectivity index (χ0v) is 16.8. The molecule has 1 aliphatic heterocycles. The van der Waals surface area contributed by atoms with E-state index in [-0.39, 0.29) is 36.1 Å². The van der Waals surface area contributed by atoms with Gasteiger partial charge >= 0.3 is 6.09 Å². The minimum absolute atomic E-state index is 0. The van der Waals surface area contributed by atoms with E-state index in [0.717, 1.165) is 25.0 Å². The lowest BCUT2D eigenvalue weighted by molar-refractivity contribution is 0.146. The molecule has 2 aliphatic rings. The second-order valence-corrected chi connectivity index (χ2v) is 6.41. The molecule has 1 amide bonds. The average molecular weight is 438 g/mol. The van der Waals surface area contributed by atoms with E-state index in [1.165, 1.54) is 25.7 Å². The van der Waals surface area contributed by atoms with Gasteiger partial charge in [0, 0.05) is 26.7 Å². The van der Waals surface area contributed by atoms with Crippen LogP contribution >= 0.6 is 24.0 Å². The molecule has 6 nitrogen and oxygen atoms in total. The van der Waals surface area contributed by atoms with Crippen molar-refractivity contribution in [2.24, 2.45) is 16.8 Å². The molecule has 0 spiro atoms. The first-order valence-corrected chi connectivity index (χ1v) is 8.53. The Hall–Kier alpha value is -0.730. The van der Waals surface area contributed by atoms with Crippen molar-refractivity contribution in [3.8, 4) is 0 Å². The lowest BCUT2D eigenvalue weighted by atomic mass is 9.99. The number of nitrogens with zero attached hydrogens (tertiary/aromatic N) is 2. The first-order valence-electron chi connectivity index (χ1n) is 8.53. The molecule has 1 heterocycles. The van der Waals surface area contributed by atoms with Crippen molar-refractivity contribution in [3.05, 3.63) is 0 Å². The van der Waals surface area contributed by atoms with E-state index in [2.05, 4.69) is 27.4 Å². The molecule has 23 heavy (non-hydrogen) atoms. The smallest absolute Gasteiger partial charge is 0.407 e. The van der Waals surface area contributed by atoms with E-state index in [0.29, 0.717) is 19.1 Å². The van der Waals surface area contributed by atoms with Crippen LogP contribution in [-0.4, -0.2) is 56.3 Å². The van der Waals surface area contributed by atoms with Crippen molar-refractivity contribution in [3.63, 3.8) is 0 Å². The Kier molecular flexibility index (Phi) is 9.01. The van der Waals surface area contributed by atoms with E-state index in [1.54, 1.807) is 0 Å². The van der Waals surface area contributed by atoms with E-state index < -0.39 is 0 Å². The van der Waals surface area contributed by atoms with Crippen molar-refractivity contribution in [2.75, 3.05) is 33.3 Å². The van der Waals surface area contributed by atoms with Crippen LogP contribution in [0.2, 0.25) is 0 Å². The highest BCUT2D eigenvalue weighted by Gasteiger charge is 2.33. The molecular weight excluding hydrogens is 407 g/mol. The number of carbonyl (C=O) groups is 1. The molecule has 1 saturated carbocycles. The van der Waals surface area contributed by atoms with Gasteiger partial charge in [-0.25, -0.2) is 4.79 Å². The van der Waals surface area contributed by atoms with E-state index in [1.807, 2.05) is 14.0 Å². The Labute approximate surface area is 156 Å². The molecule has 0 aromatic rings. The first-order chi connectivity index (χ1) is 10.6. The van der Waals surface area contributed by atoms with Gasteiger partial charge in [0.15, 0.2) is 5.96 Å². The molecule has 1 saturated heterocycles. The molecule has 0 aromatic heterocycles. The highest BCUT2D eigenvalue weighted by Crippen LogP contribution is 2.32. The summed E-state index contributed by atoms with van der Waals surface area (Å²) in [6, 6.07) is 0.125. The number of likely N-dealkylation sites (tertiary alicyclic amines) is 1. The predicted octanol–water partition coefficient (Wildman–Crippen LogP) is 2.44. The number of carbonyl (C=O) groups excluding carboxylic acids is 1. The quantitative estimate of drug-likeness (QED) is 0.393. The van der Waals surface area contributed by atoms with Crippen LogP contribution in [-0.2, 0) is 4.74 Å². The molecule has 7 heteroatoms. The summed E-state index contributed by atoms with van der Waals surface area (Å²) in [7, 11) is 1.82. The highest BCUT2D eigenvalue weighted by molar-refractivity contribution is 14.0. The predicted molar refractivity (Wildman–Crippen MR) is 103 cm³/mol. The standard InChI is InChI=1S/C16H30N4O2.HI/c1-4-22-16(21)19-14(13-5-6-13)11-18-15(17-3)20-9-7-12(2)8-10-20;/h12-14H,4-11H2,1-3H3,(H,17,18)(H,19,21);1H. The van der Waals surface area contributed by atoms with Gasteiger partial charge in [-0.05, 0) is 44.4 Å². The number of alkyl carbamates (subject to hydrolysis) is 1. The summed E-state index contributed by atoms with van der Waals surface area (Å²) < 4.78 is 4.99. The molecule has 2 N–H and O–H groups in total. The molecule has 0 bridgehead atoms. The summed E-state index contributed by atoms with van der Waals surface area (Å²) in [6.07, 6.45) is 4.47. The minimum atomic E-state index is -0.317. The Morgan fingerprint density at radius 2 is 1.96 bits per heavy atom. The maximum Gasteiger partial charge on any atom is 0.407 e. The minimum Gasteiger partial charge on any atom is -0.450 e. The average Bonchev–Trinajstić information content (AvgIpc) is 3.33. The van der Waals surface area contributed by atoms with Crippen molar-refractivity contribution in [1.29, 1.82) is 0 Å². The van der Waals surface area contributed by atoms with Crippen molar-refractivity contribution in [1.82, 2.24) is 15.5 Å². The highest BCUT2D eigenvalue weighted by atomic mass is 127. The van der Waals surface area contributed by atoms with Crippen LogP contribution < -0.4 is 10.6 Å². The van der Waals surface area contributed by atoms with E-state index in [4.69, 9.17) is 4.74 Å². The first kappa shape index (κ1) is 20.3. The fraction of sp³-hybridized carbons (Fsp3) is 0.875. The maximum absolute atomic E-state index is 11.6. The molecule has 1 aliphatic carbocycles. The number of guanidine groups is 1. The lowest BCUT2D eigenvalue weighted by Crippen LogP contribution is -2.50. The lowest BCUT2D eigenvalue weighted by Gasteiger charge is -2.33. The second-order valence-electron chi connectivity index (χ2n) is 6.41. The third-order valence-electron chi connectivity index (χ3n) is 4.54. The number of ether oxygens (including phenoxy) is 1. The van der Waals surface area contributed by atoms with Gasteiger partial charge in [-0.15, -0.1) is 24.0 Å². The summed E-state index contributed by atoms with van der Waals surface area (Å²) in [5.74, 6) is 2.32. The molecule has 1 unspecified atom stereocenters. The monoisotopic (exact) mass is 438 g/mol. The van der Waals surface area contributed by atoms with Crippen molar-refractivity contribution in [2.45, 2.75) is 45.6 Å². The third kappa shape index (κ3) is 6.73. The molecule has 2 rings (SSSR count). The largest absolute Gasteiger partial charge is 0.450 e. The van der Waals surface area contributed by atoms with Gasteiger partial charge in [-0.2, -0.15) is 0 Å². The number of rotatable bonds is 5. The van der Waals surface area contributed by atoms with Crippen LogP contribution in [0.25, 0.3) is 0 Å². The topological polar surface area (TPSA) is 66.0 Å². The Balaban J connectivity index is 0.00000264. The fourth-order valence-electron chi connectivity index (χ4n) is 2.91. The second kappa shape index (κ2) is 10.2. The third-order valence-corrected chi connectivity index (χ3v) is 4.54. The van der Waals surface area contributed by atoms with Gasteiger partial charge < -0.3 is 20.3 Å². The fourth-order valence-corrected chi connectivity index (χ4v) is 2.91. The van der Waals surface area contributed by atoms with Gasteiger partial charge in [0.1, 0.15) is 0 Å². The Bertz CT molecular complexity index is 394. The van der Waals surface area contributed by atoms with Crippen LogP contribution in [0.4, 0.5) is 4.79 Å². The number of nitrogens with one attached hydrogen (secondary N) is 2. The van der Waals surface area contributed by atoms with Gasteiger partial charge in [0.25, 0.3) is 0 Å². The van der Waals surface area contributed by atoms with Gasteiger partial charge in [-0.3, -0.25) is 4.99 Å². The van der Waals surface area contributed by atoms with E-state index in [9.17, 15) is 4.79 Å². The zero-order chi connectivity index (χ0) is 15.9. The Morgan fingerprint density at radius 1 is 1.30 bits per heavy atom. The van der Waals surface area contributed by atoms with Crippen LogP contribution in [0.15, 0.2) is 4.99 Å². The van der Waals surface area contributed by atoms with Crippen LogP contribution in [0.1, 0.15) is 39.5 Å². The molecule has 2 fully saturated rings. The normalized spacial score (nSPS) is 20.5. The Morgan fingerprint density at radius 3 is 2.48 bits per heavy atom. The van der Waals surface area contributed by atoms with Gasteiger partial charge in [0.05, 0.1) is 12.6 Å². The number of hydrogen-bond donors (Lipinski definition) is 2. The summed E-state index contributed by atoms with van der Waals surface area (Å²) in [5.41, 5.74) is 0. The molecule has 0 radical (unpaired) electrons. The molecule has 0 aromatic carbocycles. The van der Waals surface area contributed by atoms with Gasteiger partial charge in [0.2, 0.25) is 0 Å². The van der Waals surface area contributed by atoms with Crippen LogP contribution in [0.5, 0.6) is 0 Å². The summed E-state index contributed by atoms with van der Waals surface area (Å²) in [4.78, 5) is 18.3. The summed E-state index contributed by atoms with van der Waals surface area (Å²) in [6.45, 7) is 7.36. The van der Waals surface area contributed by atoms with Crippen LogP contribution in [0.3, 0.4) is 0 Å². The maximum atomic E-state index is 11.6. The summed E-state index contributed by atoms with van der Waals surface area (Å²) in [5, 5.41) is 6.40. The molecule has 1 atom stereocenters. The number of aliphatic imine (C=N–C) groups is 1. The van der Waals surface area contributed by atoms with Gasteiger partial charge in [-0.1, -0.05) is 6.92 Å². The number of hydrogen-bond acceptors (Lipinski definition) is 3. The van der Waals surface area contributed by atoms with Crippen molar-refractivity contribution < 1.29 is 9.53 Å². The van der Waals surface area contributed by atoms with Crippen molar-refractivity contribution >= 4 is 36.0 Å². The number of amides is 1. The number of halogens is 1. The molecule has 134 valence electrons. The molecular formula is C16H31IN4O2. The zero-order valence-electron chi connectivity index (χ0n) is 14.5. The number of piperidine rings is 1. The van der Waals surface area contributed by atoms with Crippen LogP contribution in [0, 0.1) is 11.8 Å². The van der Waals surface area contributed by atoms with E-state index >= 15 is 0 Å². The summed E-state index contributed by atoms with van der Waals surface area (Å²) >= 11 is 0. The SMILES string of the molecule is CCOC(=O)NC(CNC(=NC)N1CCC(C)CC1)C1CC1.I.